The van der Waals surface area contributed by atoms with Crippen molar-refractivity contribution in [3.05, 3.63) is 71.4 Å². The van der Waals surface area contributed by atoms with Crippen LogP contribution in [0.2, 0.25) is 0 Å². The average molecular weight is 403 g/mol. The van der Waals surface area contributed by atoms with Crippen LogP contribution in [0.3, 0.4) is 0 Å². The number of benzene rings is 2. The predicted molar refractivity (Wildman–Crippen MR) is 116 cm³/mol. The van der Waals surface area contributed by atoms with E-state index >= 15 is 0 Å². The van der Waals surface area contributed by atoms with E-state index in [4.69, 9.17) is 15.5 Å². The van der Waals surface area contributed by atoms with Gasteiger partial charge in [0.25, 0.3) is 5.91 Å². The maximum atomic E-state index is 12.7. The first-order valence-electron chi connectivity index (χ1n) is 10.2. The van der Waals surface area contributed by atoms with Gasteiger partial charge in [0.2, 0.25) is 5.91 Å². The van der Waals surface area contributed by atoms with E-state index in [9.17, 15) is 9.59 Å². The Labute approximate surface area is 175 Å². The van der Waals surface area contributed by atoms with E-state index in [0.29, 0.717) is 25.1 Å². The van der Waals surface area contributed by atoms with Crippen molar-refractivity contribution in [1.82, 2.24) is 9.88 Å². The number of amides is 2. The smallest absolute Gasteiger partial charge is 0.250 e. The van der Waals surface area contributed by atoms with E-state index in [1.807, 2.05) is 59.5 Å². The Morgan fingerprint density at radius 3 is 2.47 bits per heavy atom. The summed E-state index contributed by atoms with van der Waals surface area (Å²) in [6.07, 6.45) is 1.90. The fraction of sp³-hybridized carbons (Fsp3) is 0.292. The number of primary amides is 1. The van der Waals surface area contributed by atoms with Crippen LogP contribution in [0, 0.1) is 0 Å². The number of aromatic nitrogens is 1. The fourth-order valence-electron chi connectivity index (χ4n) is 4.07. The molecule has 6 heteroatoms. The van der Waals surface area contributed by atoms with Crippen molar-refractivity contribution < 1.29 is 14.3 Å². The number of rotatable bonds is 5. The number of para-hydroxylation sites is 1. The van der Waals surface area contributed by atoms with Crippen molar-refractivity contribution >= 4 is 22.7 Å². The molecule has 1 saturated heterocycles. The molecule has 2 N–H and O–H groups in total. The first kappa shape index (κ1) is 19.9. The van der Waals surface area contributed by atoms with Gasteiger partial charge in [0, 0.05) is 24.4 Å². The maximum absolute atomic E-state index is 12.7. The zero-order valence-electron chi connectivity index (χ0n) is 17.0. The molecule has 1 aliphatic rings. The highest BCUT2D eigenvalue weighted by molar-refractivity contribution is 5.97. The van der Waals surface area contributed by atoms with Gasteiger partial charge >= 0.3 is 0 Å². The Balaban J connectivity index is 1.45. The van der Waals surface area contributed by atoms with Gasteiger partial charge in [-0.1, -0.05) is 30.3 Å². The molecule has 2 aromatic carbocycles. The van der Waals surface area contributed by atoms with Crippen molar-refractivity contribution in [2.45, 2.75) is 25.2 Å². The number of ether oxygens (including phenoxy) is 1. The van der Waals surface area contributed by atoms with Crippen molar-refractivity contribution in [2.75, 3.05) is 20.2 Å². The van der Waals surface area contributed by atoms with Crippen molar-refractivity contribution in [1.29, 1.82) is 0 Å². The van der Waals surface area contributed by atoms with Crippen LogP contribution in [0.4, 0.5) is 0 Å². The topological polar surface area (TPSA) is 85.5 Å². The number of carbonyl (C=O) groups excluding carboxylic acids is 2. The molecule has 4 rings (SSSR count). The first-order valence-corrected chi connectivity index (χ1v) is 10.2. The number of piperidine rings is 1. The number of likely N-dealkylation sites (tertiary alicyclic amines) is 1. The van der Waals surface area contributed by atoms with Gasteiger partial charge in [-0.25, -0.2) is 0 Å². The molecule has 0 radical (unpaired) electrons. The minimum absolute atomic E-state index is 0.111. The summed E-state index contributed by atoms with van der Waals surface area (Å²) in [6, 6.07) is 17.1. The molecule has 0 atom stereocenters. The van der Waals surface area contributed by atoms with E-state index < -0.39 is 5.91 Å². The lowest BCUT2D eigenvalue weighted by atomic mass is 9.89. The summed E-state index contributed by atoms with van der Waals surface area (Å²) in [6.45, 7) is 1.29. The van der Waals surface area contributed by atoms with Gasteiger partial charge < -0.3 is 15.4 Å². The average Bonchev–Trinajstić information content (AvgIpc) is 2.78. The van der Waals surface area contributed by atoms with Gasteiger partial charge in [0.1, 0.15) is 5.75 Å². The van der Waals surface area contributed by atoms with Crippen molar-refractivity contribution in [3.8, 4) is 5.75 Å². The van der Waals surface area contributed by atoms with Crippen LogP contribution in [-0.2, 0) is 11.2 Å². The maximum Gasteiger partial charge on any atom is 0.250 e. The summed E-state index contributed by atoms with van der Waals surface area (Å²) < 4.78 is 5.16. The fourth-order valence-corrected chi connectivity index (χ4v) is 4.07. The molecule has 1 aromatic heterocycles. The van der Waals surface area contributed by atoms with E-state index in [1.165, 1.54) is 0 Å². The Bertz CT molecular complexity index is 1070. The monoisotopic (exact) mass is 403 g/mol. The molecule has 3 aromatic rings. The summed E-state index contributed by atoms with van der Waals surface area (Å²) in [5.74, 6) is 0.545. The summed E-state index contributed by atoms with van der Waals surface area (Å²) in [4.78, 5) is 31.4. The molecule has 0 unspecified atom stereocenters. The molecule has 30 heavy (non-hydrogen) atoms. The van der Waals surface area contributed by atoms with Crippen LogP contribution in [0.5, 0.6) is 5.75 Å². The Morgan fingerprint density at radius 2 is 1.80 bits per heavy atom. The summed E-state index contributed by atoms with van der Waals surface area (Å²) >= 11 is 0. The zero-order valence-corrected chi connectivity index (χ0v) is 17.0. The lowest BCUT2D eigenvalue weighted by Crippen LogP contribution is -2.39. The molecule has 1 aliphatic heterocycles. The van der Waals surface area contributed by atoms with Gasteiger partial charge in [-0.2, -0.15) is 0 Å². The highest BCUT2D eigenvalue weighted by Crippen LogP contribution is 2.31. The van der Waals surface area contributed by atoms with E-state index in [-0.39, 0.29) is 11.8 Å². The van der Waals surface area contributed by atoms with E-state index in [2.05, 4.69) is 0 Å². The number of nitrogens with two attached hydrogens (primary N) is 1. The van der Waals surface area contributed by atoms with Gasteiger partial charge in [0.05, 0.1) is 30.3 Å². The van der Waals surface area contributed by atoms with E-state index in [0.717, 1.165) is 40.8 Å². The minimum Gasteiger partial charge on any atom is -0.497 e. The Kier molecular flexibility index (Phi) is 5.65. The van der Waals surface area contributed by atoms with Gasteiger partial charge in [-0.3, -0.25) is 14.6 Å². The van der Waals surface area contributed by atoms with Gasteiger partial charge in [-0.15, -0.1) is 0 Å². The summed E-state index contributed by atoms with van der Waals surface area (Å²) in [7, 11) is 1.62. The zero-order chi connectivity index (χ0) is 21.1. The molecule has 0 spiro atoms. The molecule has 0 bridgehead atoms. The Morgan fingerprint density at radius 1 is 1.10 bits per heavy atom. The second-order valence-electron chi connectivity index (χ2n) is 7.66. The minimum atomic E-state index is -0.457. The lowest BCUT2D eigenvalue weighted by Gasteiger charge is -2.32. The number of methoxy groups -OCH3 is 1. The highest BCUT2D eigenvalue weighted by Gasteiger charge is 2.27. The Hall–Kier alpha value is -3.41. The molecule has 2 heterocycles. The normalized spacial score (nSPS) is 14.6. The molecule has 0 saturated carbocycles. The van der Waals surface area contributed by atoms with Crippen LogP contribution >= 0.6 is 0 Å². The van der Waals surface area contributed by atoms with Crippen molar-refractivity contribution in [3.63, 3.8) is 0 Å². The molecule has 154 valence electrons. The predicted octanol–water partition coefficient (Wildman–Crippen LogP) is 3.29. The number of nitrogens with zero attached hydrogens (tertiary/aromatic N) is 2. The molecule has 1 fully saturated rings. The largest absolute Gasteiger partial charge is 0.497 e. The van der Waals surface area contributed by atoms with Crippen molar-refractivity contribution in [2.24, 2.45) is 5.73 Å². The SMILES string of the molecule is COc1ccc(CC(=O)N2CCC(c3nc4ccccc4cc3C(N)=O)CC2)cc1. The van der Waals surface area contributed by atoms with Crippen LogP contribution in [0.25, 0.3) is 10.9 Å². The molecular weight excluding hydrogens is 378 g/mol. The first-order chi connectivity index (χ1) is 14.5. The molecule has 6 nitrogen and oxygen atoms in total. The third-order valence-electron chi connectivity index (χ3n) is 5.77. The summed E-state index contributed by atoms with van der Waals surface area (Å²) in [5, 5.41) is 0.905. The summed E-state index contributed by atoms with van der Waals surface area (Å²) in [5.41, 5.74) is 8.70. The quantitative estimate of drug-likeness (QED) is 0.708. The van der Waals surface area contributed by atoms with Gasteiger partial charge in [-0.05, 0) is 42.7 Å². The number of fused-ring (bicyclic) bond motifs is 1. The molecule has 2 amide bonds. The lowest BCUT2D eigenvalue weighted by molar-refractivity contribution is -0.131. The number of pyridine rings is 1. The highest BCUT2D eigenvalue weighted by atomic mass is 16.5. The van der Waals surface area contributed by atoms with Crippen LogP contribution in [-0.4, -0.2) is 41.9 Å². The standard InChI is InChI=1S/C24H25N3O3/c1-30-19-8-6-16(7-9-19)14-22(28)27-12-10-17(11-13-27)23-20(24(25)29)15-18-4-2-3-5-21(18)26-23/h2-9,15,17H,10-14H2,1H3,(H2,25,29). The van der Waals surface area contributed by atoms with Gasteiger partial charge in [0.15, 0.2) is 0 Å². The molecule has 0 aliphatic carbocycles. The van der Waals surface area contributed by atoms with E-state index in [1.54, 1.807) is 7.11 Å². The van der Waals surface area contributed by atoms with Crippen LogP contribution in [0.1, 0.15) is 40.4 Å². The van der Waals surface area contributed by atoms with Crippen LogP contribution in [0.15, 0.2) is 54.6 Å². The number of hydrogen-bond acceptors (Lipinski definition) is 4. The second kappa shape index (κ2) is 8.53. The second-order valence-corrected chi connectivity index (χ2v) is 7.66. The third kappa shape index (κ3) is 4.13. The number of carbonyl (C=O) groups is 2. The number of hydrogen-bond donors (Lipinski definition) is 1. The molecular formula is C24H25N3O3. The third-order valence-corrected chi connectivity index (χ3v) is 5.77. The van der Waals surface area contributed by atoms with Crippen LogP contribution < -0.4 is 10.5 Å².